The smallest absolute Gasteiger partial charge is 0.343 e. The molecule has 2 aromatic heterocycles. The van der Waals surface area contributed by atoms with E-state index in [2.05, 4.69) is 16.3 Å². The van der Waals surface area contributed by atoms with Crippen LogP contribution >= 0.6 is 0 Å². The fraction of sp³-hybridized carbons (Fsp3) is 0.483. The van der Waals surface area contributed by atoms with Crippen molar-refractivity contribution < 1.29 is 19.4 Å². The number of hydrogen-bond donors (Lipinski definition) is 2. The summed E-state index contributed by atoms with van der Waals surface area (Å²) in [6.45, 7) is 5.41. The van der Waals surface area contributed by atoms with Crippen LogP contribution in [0.15, 0.2) is 29.1 Å². The van der Waals surface area contributed by atoms with Crippen molar-refractivity contribution in [1.29, 1.82) is 0 Å². The summed E-state index contributed by atoms with van der Waals surface area (Å²) in [6, 6.07) is 7.85. The van der Waals surface area contributed by atoms with Crippen LogP contribution in [0.1, 0.15) is 48.4 Å². The number of rotatable bonds is 6. The summed E-state index contributed by atoms with van der Waals surface area (Å²) in [5.74, 6) is 0.701. The number of aliphatic hydroxyl groups is 1. The summed E-state index contributed by atoms with van der Waals surface area (Å²) in [6.07, 6.45) is 2.35. The lowest BCUT2D eigenvalue weighted by atomic mass is 9.86. The highest BCUT2D eigenvalue weighted by molar-refractivity contribution is 5.89. The first-order valence-electron chi connectivity index (χ1n) is 13.4. The zero-order valence-corrected chi connectivity index (χ0v) is 22.2. The molecule has 9 nitrogen and oxygen atoms in total. The van der Waals surface area contributed by atoms with Gasteiger partial charge in [-0.25, -0.2) is 9.78 Å². The summed E-state index contributed by atoms with van der Waals surface area (Å²) < 4.78 is 13.2. The van der Waals surface area contributed by atoms with Crippen molar-refractivity contribution in [2.24, 2.45) is 5.92 Å². The minimum Gasteiger partial charge on any atom is -0.493 e. The molecule has 1 atom stereocenters. The summed E-state index contributed by atoms with van der Waals surface area (Å²) in [5, 5.41) is 15.5. The molecule has 0 aliphatic carbocycles. The van der Waals surface area contributed by atoms with Crippen molar-refractivity contribution >= 4 is 16.9 Å². The van der Waals surface area contributed by atoms with Gasteiger partial charge in [0.2, 0.25) is 0 Å². The molecule has 3 aromatic rings. The molecular weight excluding hydrogens is 484 g/mol. The Bertz CT molecular complexity index is 1490. The van der Waals surface area contributed by atoms with Gasteiger partial charge in [-0.05, 0) is 76.6 Å². The minimum absolute atomic E-state index is 0.119. The average molecular weight is 519 g/mol. The largest absolute Gasteiger partial charge is 0.493 e. The predicted octanol–water partition coefficient (Wildman–Crippen LogP) is 2.52. The maximum absolute atomic E-state index is 13.5. The number of esters is 1. The van der Waals surface area contributed by atoms with Crippen molar-refractivity contribution in [3.8, 4) is 17.1 Å². The van der Waals surface area contributed by atoms with Gasteiger partial charge in [-0.15, -0.1) is 0 Å². The van der Waals surface area contributed by atoms with E-state index < -0.39 is 11.6 Å². The van der Waals surface area contributed by atoms with Crippen molar-refractivity contribution in [2.75, 3.05) is 33.8 Å². The molecule has 0 spiro atoms. The molecule has 9 heteroatoms. The van der Waals surface area contributed by atoms with E-state index in [9.17, 15) is 14.7 Å². The summed E-state index contributed by atoms with van der Waals surface area (Å²) in [5.41, 5.74) is 2.73. The van der Waals surface area contributed by atoms with Gasteiger partial charge in [0, 0.05) is 28.6 Å². The standard InChI is InChI=1S/C29H34N4O5/c1-4-29(36)22-12-24-26-18(13-33(24)27(34)21(22)16-38-28(29)35)11-19-20(14-32(2)3)25(6-5-23(19)31-26)37-15-17-7-9-30-10-8-17/h5-6,11-12,17,30,36H,4,7-10,13-16H2,1-3H3/t29-/m0/s1. The van der Waals surface area contributed by atoms with Crippen molar-refractivity contribution in [1.82, 2.24) is 19.8 Å². The third-order valence-corrected chi connectivity index (χ3v) is 8.17. The molecule has 0 radical (unpaired) electrons. The van der Waals surface area contributed by atoms with E-state index in [0.29, 0.717) is 48.1 Å². The molecule has 2 N–H and O–H groups in total. The molecule has 0 bridgehead atoms. The molecule has 0 saturated carbocycles. The zero-order valence-electron chi connectivity index (χ0n) is 22.2. The molecule has 1 saturated heterocycles. The second kappa shape index (κ2) is 9.48. The van der Waals surface area contributed by atoms with Crippen molar-refractivity contribution in [3.05, 3.63) is 56.9 Å². The van der Waals surface area contributed by atoms with Crippen LogP contribution in [0.2, 0.25) is 0 Å². The first-order valence-corrected chi connectivity index (χ1v) is 13.4. The molecule has 1 aromatic carbocycles. The first-order chi connectivity index (χ1) is 18.3. The van der Waals surface area contributed by atoms with Gasteiger partial charge in [0.25, 0.3) is 5.56 Å². The Morgan fingerprint density at radius 3 is 2.76 bits per heavy atom. The van der Waals surface area contributed by atoms with Crippen LogP contribution in [0, 0.1) is 5.92 Å². The maximum Gasteiger partial charge on any atom is 0.343 e. The Balaban J connectivity index is 1.44. The lowest BCUT2D eigenvalue weighted by Crippen LogP contribution is -2.44. The van der Waals surface area contributed by atoms with E-state index in [1.807, 2.05) is 26.2 Å². The Hall–Kier alpha value is -3.27. The molecule has 38 heavy (non-hydrogen) atoms. The Kier molecular flexibility index (Phi) is 6.25. The number of pyridine rings is 2. The monoisotopic (exact) mass is 518 g/mol. The van der Waals surface area contributed by atoms with Crippen LogP contribution in [0.4, 0.5) is 0 Å². The number of carbonyl (C=O) groups is 1. The average Bonchev–Trinajstić information content (AvgIpc) is 3.28. The third kappa shape index (κ3) is 4.00. The first kappa shape index (κ1) is 25.0. The van der Waals surface area contributed by atoms with Gasteiger partial charge in [0.15, 0.2) is 5.60 Å². The quantitative estimate of drug-likeness (QED) is 0.375. The lowest BCUT2D eigenvalue weighted by Gasteiger charge is -2.31. The van der Waals surface area contributed by atoms with Gasteiger partial charge in [-0.1, -0.05) is 6.92 Å². The minimum atomic E-state index is -1.83. The number of ether oxygens (including phenoxy) is 2. The molecule has 6 rings (SSSR count). The highest BCUT2D eigenvalue weighted by atomic mass is 16.6. The second-order valence-electron chi connectivity index (χ2n) is 11.0. The fourth-order valence-electron chi connectivity index (χ4n) is 5.96. The van der Waals surface area contributed by atoms with Crippen molar-refractivity contribution in [2.45, 2.75) is 51.5 Å². The van der Waals surface area contributed by atoms with Gasteiger partial charge in [-0.2, -0.15) is 0 Å². The van der Waals surface area contributed by atoms with Gasteiger partial charge in [0.1, 0.15) is 12.4 Å². The van der Waals surface area contributed by atoms with Gasteiger partial charge in [0.05, 0.1) is 35.6 Å². The van der Waals surface area contributed by atoms with E-state index in [1.54, 1.807) is 17.6 Å². The normalized spacial score (nSPS) is 20.8. The van der Waals surface area contributed by atoms with Crippen LogP contribution in [-0.2, 0) is 34.8 Å². The summed E-state index contributed by atoms with van der Waals surface area (Å²) in [7, 11) is 4.07. The van der Waals surface area contributed by atoms with Crippen LogP contribution in [0.5, 0.6) is 5.75 Å². The molecule has 1 fully saturated rings. The number of benzene rings is 1. The van der Waals surface area contributed by atoms with Gasteiger partial charge >= 0.3 is 5.97 Å². The molecule has 3 aliphatic heterocycles. The Labute approximate surface area is 221 Å². The highest BCUT2D eigenvalue weighted by Crippen LogP contribution is 2.40. The fourth-order valence-corrected chi connectivity index (χ4v) is 5.96. The topological polar surface area (TPSA) is 106 Å². The number of nitrogens with one attached hydrogen (secondary N) is 1. The third-order valence-electron chi connectivity index (χ3n) is 8.17. The number of fused-ring (bicyclic) bond motifs is 5. The molecule has 3 aliphatic rings. The SMILES string of the molecule is CC[C@@]1(O)C(=O)OCc2c1cc1n(c2=O)Cc2cc3c(CN(C)C)c(OCC4CCNCC4)ccc3nc2-1. The number of carbonyl (C=O) groups excluding carboxylic acids is 1. The van der Waals surface area contributed by atoms with Crippen LogP contribution < -0.4 is 15.6 Å². The lowest BCUT2D eigenvalue weighted by molar-refractivity contribution is -0.172. The number of cyclic esters (lactones) is 1. The van der Waals surface area contributed by atoms with Crippen LogP contribution in [0.25, 0.3) is 22.3 Å². The van der Waals surface area contributed by atoms with Gasteiger partial charge in [-0.3, -0.25) is 4.79 Å². The summed E-state index contributed by atoms with van der Waals surface area (Å²) >= 11 is 0. The van der Waals surface area contributed by atoms with E-state index >= 15 is 0 Å². The number of piperidine rings is 1. The van der Waals surface area contributed by atoms with E-state index in [-0.39, 0.29) is 18.6 Å². The zero-order chi connectivity index (χ0) is 26.6. The predicted molar refractivity (Wildman–Crippen MR) is 143 cm³/mol. The molecular formula is C29H34N4O5. The molecule has 200 valence electrons. The van der Waals surface area contributed by atoms with E-state index in [4.69, 9.17) is 14.5 Å². The number of aromatic nitrogens is 2. The van der Waals surface area contributed by atoms with Crippen LogP contribution in [0.3, 0.4) is 0 Å². The highest BCUT2D eigenvalue weighted by Gasteiger charge is 2.45. The molecule has 0 unspecified atom stereocenters. The Morgan fingerprint density at radius 1 is 1.24 bits per heavy atom. The maximum atomic E-state index is 13.5. The summed E-state index contributed by atoms with van der Waals surface area (Å²) in [4.78, 5) is 33.0. The van der Waals surface area contributed by atoms with Gasteiger partial charge < -0.3 is 29.4 Å². The number of nitrogens with zero attached hydrogens (tertiary/aromatic N) is 3. The number of hydrogen-bond acceptors (Lipinski definition) is 8. The second-order valence-corrected chi connectivity index (χ2v) is 11.0. The van der Waals surface area contributed by atoms with E-state index in [0.717, 1.165) is 53.7 Å². The van der Waals surface area contributed by atoms with Crippen molar-refractivity contribution in [3.63, 3.8) is 0 Å². The molecule has 0 amide bonds. The van der Waals surface area contributed by atoms with E-state index in [1.165, 1.54) is 0 Å². The Morgan fingerprint density at radius 2 is 2.03 bits per heavy atom. The van der Waals surface area contributed by atoms with Crippen LogP contribution in [-0.4, -0.2) is 59.3 Å². The molecule has 5 heterocycles.